The smallest absolute Gasteiger partial charge is 0.335 e. The Bertz CT molecular complexity index is 1090. The van der Waals surface area contributed by atoms with Crippen LogP contribution in [0.4, 0.5) is 10.1 Å². The third kappa shape index (κ3) is 3.22. The highest BCUT2D eigenvalue weighted by atomic mass is 32.2. The van der Waals surface area contributed by atoms with Crippen molar-refractivity contribution in [3.63, 3.8) is 0 Å². The Morgan fingerprint density at radius 3 is 2.50 bits per heavy atom. The average molecular weight is 448 g/mol. The molecular formula is C22H22FNO4S2. The van der Waals surface area contributed by atoms with Crippen LogP contribution in [0.25, 0.3) is 0 Å². The van der Waals surface area contributed by atoms with E-state index in [0.717, 1.165) is 42.0 Å². The van der Waals surface area contributed by atoms with Crippen LogP contribution in [0.2, 0.25) is 0 Å². The molecule has 2 aliphatic rings. The summed E-state index contributed by atoms with van der Waals surface area (Å²) in [4.78, 5) is 11.6. The average Bonchev–Trinajstić information content (AvgIpc) is 2.98. The molecule has 0 amide bonds. The van der Waals surface area contributed by atoms with Crippen LogP contribution in [0, 0.1) is 5.82 Å². The number of benzene rings is 2. The van der Waals surface area contributed by atoms with E-state index >= 15 is 0 Å². The molecule has 0 aromatic heterocycles. The molecule has 0 aliphatic carbocycles. The number of halogens is 1. The van der Waals surface area contributed by atoms with E-state index in [4.69, 9.17) is 0 Å². The maximum atomic E-state index is 13.7. The highest BCUT2D eigenvalue weighted by Crippen LogP contribution is 2.55. The summed E-state index contributed by atoms with van der Waals surface area (Å²) in [5, 5.41) is 9.51. The SMILES string of the molecule is C=CCC1N(S(=O)(=O)c2ccc(F)cc2)c2ccc(C(=O)O)cc2C12CCSCC2. The van der Waals surface area contributed by atoms with Gasteiger partial charge in [-0.2, -0.15) is 11.8 Å². The van der Waals surface area contributed by atoms with Crippen molar-refractivity contribution in [1.29, 1.82) is 0 Å². The third-order valence-corrected chi connectivity index (χ3v) is 8.91. The molecule has 2 heterocycles. The molecule has 5 nitrogen and oxygen atoms in total. The van der Waals surface area contributed by atoms with Gasteiger partial charge in [0, 0.05) is 5.41 Å². The lowest BCUT2D eigenvalue weighted by Gasteiger charge is -2.41. The van der Waals surface area contributed by atoms with Crippen LogP contribution >= 0.6 is 11.8 Å². The van der Waals surface area contributed by atoms with Crippen molar-refractivity contribution in [3.8, 4) is 0 Å². The van der Waals surface area contributed by atoms with Gasteiger partial charge < -0.3 is 5.11 Å². The molecule has 2 aliphatic heterocycles. The number of thioether (sulfide) groups is 1. The number of nitrogens with zero attached hydrogens (tertiary/aromatic N) is 1. The Morgan fingerprint density at radius 1 is 1.23 bits per heavy atom. The van der Waals surface area contributed by atoms with E-state index < -0.39 is 33.3 Å². The molecule has 1 unspecified atom stereocenters. The topological polar surface area (TPSA) is 74.7 Å². The predicted octanol–water partition coefficient (Wildman–Crippen LogP) is 4.44. The molecule has 0 saturated carbocycles. The maximum absolute atomic E-state index is 13.7. The summed E-state index contributed by atoms with van der Waals surface area (Å²) in [6.07, 6.45) is 3.65. The quantitative estimate of drug-likeness (QED) is 0.686. The number of carboxylic acids is 1. The second kappa shape index (κ2) is 7.74. The lowest BCUT2D eigenvalue weighted by molar-refractivity contribution is 0.0696. The van der Waals surface area contributed by atoms with E-state index in [-0.39, 0.29) is 10.5 Å². The van der Waals surface area contributed by atoms with E-state index in [1.54, 1.807) is 18.2 Å². The second-order valence-corrected chi connectivity index (χ2v) is 10.6. The molecule has 1 N–H and O–H groups in total. The van der Waals surface area contributed by atoms with Crippen molar-refractivity contribution in [2.24, 2.45) is 0 Å². The van der Waals surface area contributed by atoms with Gasteiger partial charge in [-0.15, -0.1) is 6.58 Å². The molecule has 4 rings (SSSR count). The fourth-order valence-electron chi connectivity index (χ4n) is 4.67. The zero-order valence-electron chi connectivity index (χ0n) is 16.3. The summed E-state index contributed by atoms with van der Waals surface area (Å²) in [6, 6.07) is 9.04. The van der Waals surface area contributed by atoms with Gasteiger partial charge in [0.1, 0.15) is 5.82 Å². The molecule has 1 spiro atoms. The standard InChI is InChI=1S/C22H22FNO4S2/c1-2-3-20-22(10-12-29-13-11-22)18-14-15(21(25)26)4-9-19(18)24(20)30(27,28)17-7-5-16(23)6-8-17/h2,4-9,14,20H,1,3,10-13H2,(H,25,26). The van der Waals surface area contributed by atoms with Crippen LogP contribution in [-0.2, 0) is 15.4 Å². The summed E-state index contributed by atoms with van der Waals surface area (Å²) < 4.78 is 42.2. The van der Waals surface area contributed by atoms with E-state index in [1.807, 2.05) is 11.8 Å². The fourth-order valence-corrected chi connectivity index (χ4v) is 7.64. The number of hydrogen-bond donors (Lipinski definition) is 1. The zero-order chi connectivity index (χ0) is 21.5. The van der Waals surface area contributed by atoms with Crippen molar-refractivity contribution < 1.29 is 22.7 Å². The molecule has 8 heteroatoms. The number of fused-ring (bicyclic) bond motifs is 2. The number of anilines is 1. The van der Waals surface area contributed by atoms with Crippen molar-refractivity contribution in [1.82, 2.24) is 0 Å². The molecule has 1 saturated heterocycles. The molecular weight excluding hydrogens is 425 g/mol. The Morgan fingerprint density at radius 2 is 1.90 bits per heavy atom. The Labute approximate surface area is 179 Å². The molecule has 0 bridgehead atoms. The van der Waals surface area contributed by atoms with Gasteiger partial charge >= 0.3 is 5.97 Å². The minimum Gasteiger partial charge on any atom is -0.478 e. The molecule has 1 atom stereocenters. The van der Waals surface area contributed by atoms with E-state index in [9.17, 15) is 22.7 Å². The van der Waals surface area contributed by atoms with Gasteiger partial charge in [0.25, 0.3) is 10.0 Å². The Balaban J connectivity index is 1.95. The van der Waals surface area contributed by atoms with Crippen LogP contribution in [0.1, 0.15) is 35.2 Å². The number of aromatic carboxylic acids is 1. The number of sulfonamides is 1. The molecule has 158 valence electrons. The molecule has 2 aromatic rings. The number of rotatable bonds is 5. The molecule has 30 heavy (non-hydrogen) atoms. The van der Waals surface area contributed by atoms with Gasteiger partial charge in [-0.1, -0.05) is 6.08 Å². The maximum Gasteiger partial charge on any atom is 0.335 e. The fraction of sp³-hybridized carbons (Fsp3) is 0.318. The highest BCUT2D eigenvalue weighted by molar-refractivity contribution is 7.99. The summed E-state index contributed by atoms with van der Waals surface area (Å²) in [7, 11) is -3.98. The summed E-state index contributed by atoms with van der Waals surface area (Å²) >= 11 is 1.82. The van der Waals surface area contributed by atoms with Gasteiger partial charge in [-0.05, 0) is 78.8 Å². The van der Waals surface area contributed by atoms with Crippen LogP contribution in [-0.4, -0.2) is 37.0 Å². The number of hydrogen-bond acceptors (Lipinski definition) is 4. The van der Waals surface area contributed by atoms with Crippen molar-refractivity contribution in [2.45, 2.75) is 35.6 Å². The summed E-state index contributed by atoms with van der Waals surface area (Å²) in [5.74, 6) is 0.187. The van der Waals surface area contributed by atoms with Gasteiger partial charge in [-0.25, -0.2) is 17.6 Å². The lowest BCUT2D eigenvalue weighted by Crippen LogP contribution is -2.48. The van der Waals surface area contributed by atoms with Gasteiger partial charge in [0.15, 0.2) is 0 Å². The first-order chi connectivity index (χ1) is 14.3. The largest absolute Gasteiger partial charge is 0.478 e. The van der Waals surface area contributed by atoms with Crippen LogP contribution in [0.3, 0.4) is 0 Å². The minimum absolute atomic E-state index is 0.00783. The predicted molar refractivity (Wildman–Crippen MR) is 116 cm³/mol. The normalized spacial score (nSPS) is 20.2. The Kier molecular flexibility index (Phi) is 5.40. The third-order valence-electron chi connectivity index (χ3n) is 6.08. The van der Waals surface area contributed by atoms with Crippen molar-refractivity contribution in [2.75, 3.05) is 15.8 Å². The molecule has 0 radical (unpaired) electrons. The monoisotopic (exact) mass is 447 g/mol. The lowest BCUT2D eigenvalue weighted by atomic mass is 9.71. The first-order valence-corrected chi connectivity index (χ1v) is 12.3. The van der Waals surface area contributed by atoms with Crippen LogP contribution in [0.15, 0.2) is 60.0 Å². The van der Waals surface area contributed by atoms with Gasteiger partial charge in [0.05, 0.1) is 22.2 Å². The first-order valence-electron chi connectivity index (χ1n) is 9.68. The van der Waals surface area contributed by atoms with E-state index in [1.165, 1.54) is 22.5 Å². The van der Waals surface area contributed by atoms with E-state index in [0.29, 0.717) is 12.1 Å². The highest BCUT2D eigenvalue weighted by Gasteiger charge is 2.54. The zero-order valence-corrected chi connectivity index (χ0v) is 17.9. The van der Waals surface area contributed by atoms with Crippen molar-refractivity contribution in [3.05, 3.63) is 72.1 Å². The summed E-state index contributed by atoms with van der Waals surface area (Å²) in [6.45, 7) is 3.84. The first kappa shape index (κ1) is 20.9. The number of carbonyl (C=O) groups is 1. The Hall–Kier alpha value is -2.32. The second-order valence-electron chi connectivity index (χ2n) is 7.60. The van der Waals surface area contributed by atoms with Crippen LogP contribution < -0.4 is 4.31 Å². The van der Waals surface area contributed by atoms with Crippen LogP contribution in [0.5, 0.6) is 0 Å². The van der Waals surface area contributed by atoms with Crippen molar-refractivity contribution >= 4 is 33.4 Å². The molecule has 2 aromatic carbocycles. The van der Waals surface area contributed by atoms with Gasteiger partial charge in [-0.3, -0.25) is 4.31 Å². The minimum atomic E-state index is -3.98. The number of carboxylic acid groups (broad SMARTS) is 1. The summed E-state index contributed by atoms with van der Waals surface area (Å²) in [5.41, 5.74) is 0.931. The van der Waals surface area contributed by atoms with Gasteiger partial charge in [0.2, 0.25) is 0 Å². The van der Waals surface area contributed by atoms with E-state index in [2.05, 4.69) is 6.58 Å². The molecule has 1 fully saturated rings.